The highest BCUT2D eigenvalue weighted by atomic mass is 16.6. The third-order valence-electron chi connectivity index (χ3n) is 2.18. The minimum atomic E-state index is -0.894. The molecule has 0 aromatic heterocycles. The first-order chi connectivity index (χ1) is 7.29. The Kier molecular flexibility index (Phi) is 3.78. The molecular formula is C11H19NO4. The van der Waals surface area contributed by atoms with Gasteiger partial charge in [0.1, 0.15) is 5.60 Å². The predicted octanol–water partition coefficient (Wildman–Crippen LogP) is 1.86. The largest absolute Gasteiger partial charge is 0.481 e. The van der Waals surface area contributed by atoms with Gasteiger partial charge in [0.25, 0.3) is 0 Å². The smallest absolute Gasteiger partial charge is 0.410 e. The van der Waals surface area contributed by atoms with Crippen LogP contribution in [0.4, 0.5) is 4.79 Å². The monoisotopic (exact) mass is 229 g/mol. The van der Waals surface area contributed by atoms with Crippen molar-refractivity contribution in [2.75, 3.05) is 6.54 Å². The highest BCUT2D eigenvalue weighted by molar-refractivity contribution is 5.71. The molecule has 1 amide bonds. The van der Waals surface area contributed by atoms with Crippen LogP contribution in [-0.4, -0.2) is 40.3 Å². The molecule has 92 valence electrons. The average Bonchev–Trinajstić information content (AvgIpc) is 2.84. The number of carboxylic acids is 1. The SMILES string of the molecule is CC(C)(C)OC(=O)N(CCC(=O)O)C1CC1. The fourth-order valence-corrected chi connectivity index (χ4v) is 1.35. The third-order valence-corrected chi connectivity index (χ3v) is 2.18. The Balaban J connectivity index is 2.49. The van der Waals surface area contributed by atoms with E-state index >= 15 is 0 Å². The van der Waals surface area contributed by atoms with E-state index in [-0.39, 0.29) is 19.0 Å². The van der Waals surface area contributed by atoms with Gasteiger partial charge in [-0.25, -0.2) is 4.79 Å². The quantitative estimate of drug-likeness (QED) is 0.799. The summed E-state index contributed by atoms with van der Waals surface area (Å²) in [6, 6.07) is 0.175. The molecule has 0 unspecified atom stereocenters. The van der Waals surface area contributed by atoms with E-state index < -0.39 is 17.7 Å². The molecular weight excluding hydrogens is 210 g/mol. The molecule has 0 aromatic rings. The summed E-state index contributed by atoms with van der Waals surface area (Å²) < 4.78 is 5.23. The van der Waals surface area contributed by atoms with Crippen molar-refractivity contribution in [3.8, 4) is 0 Å². The molecule has 0 bridgehead atoms. The van der Waals surface area contributed by atoms with Crippen molar-refractivity contribution >= 4 is 12.1 Å². The molecule has 0 spiro atoms. The normalized spacial score (nSPS) is 15.7. The van der Waals surface area contributed by atoms with Crippen molar-refractivity contribution in [3.05, 3.63) is 0 Å². The summed E-state index contributed by atoms with van der Waals surface area (Å²) in [6.45, 7) is 5.63. The molecule has 16 heavy (non-hydrogen) atoms. The number of hydrogen-bond donors (Lipinski definition) is 1. The molecule has 5 heteroatoms. The number of nitrogens with zero attached hydrogens (tertiary/aromatic N) is 1. The highest BCUT2D eigenvalue weighted by Gasteiger charge is 2.35. The molecule has 1 rings (SSSR count). The minimum Gasteiger partial charge on any atom is -0.481 e. The Hall–Kier alpha value is -1.26. The zero-order valence-corrected chi connectivity index (χ0v) is 10.0. The Morgan fingerprint density at radius 3 is 2.31 bits per heavy atom. The van der Waals surface area contributed by atoms with Crippen LogP contribution in [0.5, 0.6) is 0 Å². The van der Waals surface area contributed by atoms with E-state index in [1.807, 2.05) is 0 Å². The summed E-state index contributed by atoms with van der Waals surface area (Å²) >= 11 is 0. The van der Waals surface area contributed by atoms with Crippen molar-refractivity contribution in [3.63, 3.8) is 0 Å². The molecule has 1 saturated carbocycles. The Bertz CT molecular complexity index is 278. The van der Waals surface area contributed by atoms with Gasteiger partial charge in [-0.15, -0.1) is 0 Å². The van der Waals surface area contributed by atoms with Crippen LogP contribution in [0.1, 0.15) is 40.0 Å². The number of carbonyl (C=O) groups is 2. The fraction of sp³-hybridized carbons (Fsp3) is 0.818. The number of carboxylic acid groups (broad SMARTS) is 1. The molecule has 0 aromatic carbocycles. The average molecular weight is 229 g/mol. The van der Waals surface area contributed by atoms with Crippen molar-refractivity contribution < 1.29 is 19.4 Å². The zero-order chi connectivity index (χ0) is 12.3. The van der Waals surface area contributed by atoms with E-state index in [4.69, 9.17) is 9.84 Å². The lowest BCUT2D eigenvalue weighted by Crippen LogP contribution is -2.39. The van der Waals surface area contributed by atoms with Crippen LogP contribution < -0.4 is 0 Å². The molecule has 0 radical (unpaired) electrons. The summed E-state index contributed by atoms with van der Waals surface area (Å²) in [6.07, 6.45) is 1.45. The lowest BCUT2D eigenvalue weighted by atomic mass is 10.2. The van der Waals surface area contributed by atoms with Gasteiger partial charge in [0, 0.05) is 12.6 Å². The molecule has 0 heterocycles. The maximum atomic E-state index is 11.8. The van der Waals surface area contributed by atoms with Gasteiger partial charge in [0.2, 0.25) is 0 Å². The van der Waals surface area contributed by atoms with Crippen LogP contribution in [-0.2, 0) is 9.53 Å². The van der Waals surface area contributed by atoms with Gasteiger partial charge >= 0.3 is 12.1 Å². The van der Waals surface area contributed by atoms with Crippen molar-refractivity contribution in [2.24, 2.45) is 0 Å². The molecule has 1 N–H and O–H groups in total. The summed E-state index contributed by atoms with van der Waals surface area (Å²) in [5.41, 5.74) is -0.534. The second-order valence-corrected chi connectivity index (χ2v) is 5.05. The number of hydrogen-bond acceptors (Lipinski definition) is 3. The third kappa shape index (κ3) is 4.51. The zero-order valence-electron chi connectivity index (χ0n) is 10.0. The Morgan fingerprint density at radius 1 is 1.38 bits per heavy atom. The number of aliphatic carboxylic acids is 1. The second-order valence-electron chi connectivity index (χ2n) is 5.05. The molecule has 1 fully saturated rings. The number of carbonyl (C=O) groups excluding carboxylic acids is 1. The Labute approximate surface area is 95.4 Å². The van der Waals surface area contributed by atoms with Crippen LogP contribution in [0.15, 0.2) is 0 Å². The topological polar surface area (TPSA) is 66.8 Å². The van der Waals surface area contributed by atoms with E-state index in [2.05, 4.69) is 0 Å². The van der Waals surface area contributed by atoms with Gasteiger partial charge in [0.15, 0.2) is 0 Å². The van der Waals surface area contributed by atoms with Crippen molar-refractivity contribution in [1.82, 2.24) is 4.90 Å². The van der Waals surface area contributed by atoms with Crippen LogP contribution in [0.25, 0.3) is 0 Å². The number of ether oxygens (including phenoxy) is 1. The van der Waals surface area contributed by atoms with Crippen LogP contribution >= 0.6 is 0 Å². The van der Waals surface area contributed by atoms with Gasteiger partial charge in [0.05, 0.1) is 6.42 Å². The van der Waals surface area contributed by atoms with Crippen molar-refractivity contribution in [1.29, 1.82) is 0 Å². The standard InChI is InChI=1S/C11H19NO4/c1-11(2,3)16-10(15)12(8-4-5-8)7-6-9(13)14/h8H,4-7H2,1-3H3,(H,13,14). The number of rotatable bonds is 4. The van der Waals surface area contributed by atoms with Gasteiger partial charge in [-0.1, -0.05) is 0 Å². The van der Waals surface area contributed by atoms with E-state index in [1.165, 1.54) is 4.90 Å². The highest BCUT2D eigenvalue weighted by Crippen LogP contribution is 2.28. The second kappa shape index (κ2) is 4.72. The lowest BCUT2D eigenvalue weighted by molar-refractivity contribution is -0.137. The summed E-state index contributed by atoms with van der Waals surface area (Å²) in [4.78, 5) is 23.8. The maximum absolute atomic E-state index is 11.8. The van der Waals surface area contributed by atoms with Crippen LogP contribution in [0.2, 0.25) is 0 Å². The molecule has 0 atom stereocenters. The molecule has 0 aliphatic heterocycles. The first-order valence-corrected chi connectivity index (χ1v) is 5.51. The first kappa shape index (κ1) is 12.8. The summed E-state index contributed by atoms with van der Waals surface area (Å²) in [5.74, 6) is -0.894. The van der Waals surface area contributed by atoms with Crippen molar-refractivity contribution in [2.45, 2.75) is 51.7 Å². The fourth-order valence-electron chi connectivity index (χ4n) is 1.35. The summed E-state index contributed by atoms with van der Waals surface area (Å²) in [7, 11) is 0. The molecule has 1 aliphatic carbocycles. The van der Waals surface area contributed by atoms with Crippen LogP contribution in [0.3, 0.4) is 0 Å². The lowest BCUT2D eigenvalue weighted by Gasteiger charge is -2.27. The molecule has 0 saturated heterocycles. The van der Waals surface area contributed by atoms with Gasteiger partial charge in [-0.2, -0.15) is 0 Å². The van der Waals surface area contributed by atoms with E-state index in [1.54, 1.807) is 20.8 Å². The van der Waals surface area contributed by atoms with Crippen LogP contribution in [0, 0.1) is 0 Å². The van der Waals surface area contributed by atoms with E-state index in [0.717, 1.165) is 12.8 Å². The van der Waals surface area contributed by atoms with Gasteiger partial charge < -0.3 is 14.7 Å². The van der Waals surface area contributed by atoms with E-state index in [9.17, 15) is 9.59 Å². The van der Waals surface area contributed by atoms with E-state index in [0.29, 0.717) is 0 Å². The Morgan fingerprint density at radius 2 is 1.94 bits per heavy atom. The molecule has 1 aliphatic rings. The maximum Gasteiger partial charge on any atom is 0.410 e. The van der Waals surface area contributed by atoms with Gasteiger partial charge in [-0.05, 0) is 33.6 Å². The summed E-state index contributed by atoms with van der Waals surface area (Å²) in [5, 5.41) is 8.60. The first-order valence-electron chi connectivity index (χ1n) is 5.51. The number of amides is 1. The predicted molar refractivity (Wildman–Crippen MR) is 58.2 cm³/mol. The minimum absolute atomic E-state index is 0.0320. The molecule has 5 nitrogen and oxygen atoms in total. The van der Waals surface area contributed by atoms with Gasteiger partial charge in [-0.3, -0.25) is 4.79 Å².